The summed E-state index contributed by atoms with van der Waals surface area (Å²) in [6.07, 6.45) is 0.0171. The van der Waals surface area contributed by atoms with Gasteiger partial charge in [-0.05, 0) is 37.2 Å². The molecule has 29 heavy (non-hydrogen) atoms. The molecule has 1 aromatic rings. The summed E-state index contributed by atoms with van der Waals surface area (Å²) in [5, 5.41) is -0.200. The first-order valence-corrected chi connectivity index (χ1v) is 11.4. The van der Waals surface area contributed by atoms with Crippen molar-refractivity contribution < 1.29 is 28.0 Å². The first-order valence-electron chi connectivity index (χ1n) is 9.25. The summed E-state index contributed by atoms with van der Waals surface area (Å²) >= 11 is 10.3. The lowest BCUT2D eigenvalue weighted by Crippen LogP contribution is -2.62. The predicted octanol–water partition coefficient (Wildman–Crippen LogP) is 2.79. The van der Waals surface area contributed by atoms with Crippen molar-refractivity contribution in [2.24, 2.45) is 17.6 Å². The number of carbonyl (C=O) groups is 2. The second kappa shape index (κ2) is 8.23. The van der Waals surface area contributed by atoms with Crippen molar-refractivity contribution in [1.29, 1.82) is 0 Å². The first-order chi connectivity index (χ1) is 13.6. The molecule has 2 aliphatic carbocycles. The van der Waals surface area contributed by atoms with E-state index in [1.165, 1.54) is 0 Å². The van der Waals surface area contributed by atoms with Crippen LogP contribution in [0.1, 0.15) is 25.8 Å². The second-order valence-corrected chi connectivity index (χ2v) is 9.66. The van der Waals surface area contributed by atoms with Crippen LogP contribution in [0.4, 0.5) is 4.39 Å². The van der Waals surface area contributed by atoms with E-state index in [0.29, 0.717) is 15.6 Å². The Morgan fingerprint density at radius 1 is 1.24 bits per heavy atom. The number of hydrogen-bond acceptors (Lipinski definition) is 6. The number of carbonyl (C=O) groups excluding carboxylic acids is 2. The van der Waals surface area contributed by atoms with Gasteiger partial charge in [-0.25, -0.2) is 14.0 Å². The number of nitrogens with two attached hydrogens (primary N) is 1. The van der Waals surface area contributed by atoms with Crippen molar-refractivity contribution in [2.45, 2.75) is 42.5 Å². The van der Waals surface area contributed by atoms with Gasteiger partial charge < -0.3 is 19.8 Å². The van der Waals surface area contributed by atoms with E-state index in [-0.39, 0.29) is 25.4 Å². The Balaban J connectivity index is 1.86. The molecule has 2 saturated carbocycles. The Hall–Kier alpha value is -1.06. The molecule has 0 amide bonds. The monoisotopic (exact) mass is 465 g/mol. The van der Waals surface area contributed by atoms with Gasteiger partial charge in [0.2, 0.25) is 5.67 Å². The van der Waals surface area contributed by atoms with Gasteiger partial charge in [-0.1, -0.05) is 29.3 Å². The fraction of sp³-hybridized carbons (Fsp3) is 0.579. The van der Waals surface area contributed by atoms with E-state index >= 15 is 4.39 Å². The van der Waals surface area contributed by atoms with Crippen molar-refractivity contribution >= 4 is 46.3 Å². The van der Waals surface area contributed by atoms with E-state index in [1.807, 2.05) is 0 Å². The van der Waals surface area contributed by atoms with E-state index < -0.39 is 51.4 Å². The van der Waals surface area contributed by atoms with Gasteiger partial charge in [-0.3, -0.25) is 0 Å². The summed E-state index contributed by atoms with van der Waals surface area (Å²) in [7, 11) is 0. The van der Waals surface area contributed by atoms with Gasteiger partial charge >= 0.3 is 11.9 Å². The maximum Gasteiger partial charge on any atom is 0.344 e. The molecule has 6 nitrogen and oxygen atoms in total. The number of rotatable bonds is 7. The lowest BCUT2D eigenvalue weighted by Gasteiger charge is -2.34. The fourth-order valence-corrected chi connectivity index (χ4v) is 6.42. The van der Waals surface area contributed by atoms with Gasteiger partial charge in [0.05, 0.1) is 23.3 Å². The molecule has 10 heteroatoms. The molecule has 2 aliphatic rings. The molecule has 0 saturated heterocycles. The maximum atomic E-state index is 15.4. The van der Waals surface area contributed by atoms with Crippen LogP contribution in [0.2, 0.25) is 10.0 Å². The Kier molecular flexibility index (Phi) is 6.42. The average Bonchev–Trinajstić information content (AvgIpc) is 3.13. The molecule has 160 valence electrons. The smallest absolute Gasteiger partial charge is 0.344 e. The molecule has 1 aromatic carbocycles. The minimum absolute atomic E-state index is 0.00755. The van der Waals surface area contributed by atoms with Crippen molar-refractivity contribution in [3.05, 3.63) is 33.8 Å². The molecule has 0 bridgehead atoms. The third-order valence-corrected chi connectivity index (χ3v) is 8.20. The van der Waals surface area contributed by atoms with Crippen LogP contribution < -0.4 is 5.73 Å². The molecule has 0 heterocycles. The number of halogens is 3. The van der Waals surface area contributed by atoms with Crippen molar-refractivity contribution in [1.82, 2.24) is 0 Å². The lowest BCUT2D eigenvalue weighted by atomic mass is 9.90. The van der Waals surface area contributed by atoms with E-state index in [1.54, 1.807) is 32.0 Å². The molecule has 2 N–H and O–H groups in total. The maximum absolute atomic E-state index is 15.4. The number of ether oxygens (including phenoxy) is 2. The van der Waals surface area contributed by atoms with Gasteiger partial charge in [0.1, 0.15) is 11.0 Å². The van der Waals surface area contributed by atoms with E-state index in [4.69, 9.17) is 38.4 Å². The summed E-state index contributed by atoms with van der Waals surface area (Å²) in [5.74, 6) is -3.81. The molecule has 0 aromatic heterocycles. The highest BCUT2D eigenvalue weighted by atomic mass is 35.5. The minimum Gasteiger partial charge on any atom is -0.616 e. The summed E-state index contributed by atoms with van der Waals surface area (Å²) in [5.41, 5.74) is 2.77. The number of hydrogen-bond donors (Lipinski definition) is 1. The molecule has 6 atom stereocenters. The summed E-state index contributed by atoms with van der Waals surface area (Å²) in [4.78, 5) is 24.8. The Labute approximate surface area is 181 Å². The van der Waals surface area contributed by atoms with Gasteiger partial charge in [0.15, 0.2) is 5.54 Å². The number of esters is 2. The number of fused-ring (bicyclic) bond motifs is 1. The minimum atomic E-state index is -2.36. The van der Waals surface area contributed by atoms with Gasteiger partial charge in [0, 0.05) is 23.8 Å². The molecular formula is C19H22Cl2FNO5S. The quantitative estimate of drug-likeness (QED) is 0.490. The third kappa shape index (κ3) is 3.63. The molecule has 0 aliphatic heterocycles. The topological polar surface area (TPSA) is 102 Å². The first kappa shape index (κ1) is 22.6. The molecule has 0 spiro atoms. The normalized spacial score (nSPS) is 33.7. The van der Waals surface area contributed by atoms with E-state index in [2.05, 4.69) is 0 Å². The molecule has 0 radical (unpaired) electrons. The molecule has 4 unspecified atom stereocenters. The van der Waals surface area contributed by atoms with Crippen LogP contribution in [0.5, 0.6) is 0 Å². The number of benzene rings is 1. The van der Waals surface area contributed by atoms with Gasteiger partial charge in [-0.15, -0.1) is 0 Å². The summed E-state index contributed by atoms with van der Waals surface area (Å²) < 4.78 is 38.4. The molecule has 2 fully saturated rings. The standard InChI is InChI=1S/C19H22Cl2FNO5S/c1-3-27-16(24)18(22)11-8-14(19(23,15(11)18)17(25)28-4-2)29(26)9-10-5-6-12(20)13(21)7-10/h5-7,11,14-15H,3-4,8-9,23H2,1-2H3/t11-,14?,15?,18-,19?,29?/m1/s1. The van der Waals surface area contributed by atoms with Crippen LogP contribution in [0, 0.1) is 11.8 Å². The molecule has 3 rings (SSSR count). The highest BCUT2D eigenvalue weighted by molar-refractivity contribution is 7.91. The zero-order valence-electron chi connectivity index (χ0n) is 16.0. The van der Waals surface area contributed by atoms with Crippen molar-refractivity contribution in [3.63, 3.8) is 0 Å². The Morgan fingerprint density at radius 2 is 1.86 bits per heavy atom. The van der Waals surface area contributed by atoms with Crippen LogP contribution >= 0.6 is 23.2 Å². The van der Waals surface area contributed by atoms with Crippen LogP contribution in [0.25, 0.3) is 0 Å². The van der Waals surface area contributed by atoms with Crippen LogP contribution in [-0.4, -0.2) is 46.2 Å². The summed E-state index contributed by atoms with van der Waals surface area (Å²) in [6.45, 7) is 3.19. The number of alkyl halides is 1. The van der Waals surface area contributed by atoms with Gasteiger partial charge in [0.25, 0.3) is 0 Å². The van der Waals surface area contributed by atoms with Crippen molar-refractivity contribution in [3.8, 4) is 0 Å². The Morgan fingerprint density at radius 3 is 2.45 bits per heavy atom. The predicted molar refractivity (Wildman–Crippen MR) is 108 cm³/mol. The summed E-state index contributed by atoms with van der Waals surface area (Å²) in [6, 6.07) is 4.83. The highest BCUT2D eigenvalue weighted by Crippen LogP contribution is 2.68. The third-order valence-electron chi connectivity index (χ3n) is 5.63. The highest BCUT2D eigenvalue weighted by Gasteiger charge is 2.87. The van der Waals surface area contributed by atoms with Gasteiger partial charge in [-0.2, -0.15) is 0 Å². The van der Waals surface area contributed by atoms with Crippen LogP contribution in [0.15, 0.2) is 18.2 Å². The average molecular weight is 466 g/mol. The van der Waals surface area contributed by atoms with Crippen molar-refractivity contribution in [2.75, 3.05) is 13.2 Å². The van der Waals surface area contributed by atoms with Crippen LogP contribution in [-0.2, 0) is 36.0 Å². The Bertz CT molecular complexity index is 830. The van der Waals surface area contributed by atoms with E-state index in [9.17, 15) is 14.1 Å². The zero-order chi connectivity index (χ0) is 21.6. The fourth-order valence-electron chi connectivity index (χ4n) is 4.29. The molecular weight excluding hydrogens is 444 g/mol. The largest absolute Gasteiger partial charge is 0.616 e. The SMILES string of the molecule is CCOC(=O)C1(N)C([S+]([O-])Cc2ccc(Cl)c(Cl)c2)C[C@@H]2C1[C@@]2(F)C(=O)OCC. The second-order valence-electron chi connectivity index (χ2n) is 7.22. The van der Waals surface area contributed by atoms with E-state index in [0.717, 1.165) is 0 Å². The zero-order valence-corrected chi connectivity index (χ0v) is 18.3. The lowest BCUT2D eigenvalue weighted by molar-refractivity contribution is -0.156. The van der Waals surface area contributed by atoms with Crippen LogP contribution in [0.3, 0.4) is 0 Å².